The van der Waals surface area contributed by atoms with E-state index in [4.69, 9.17) is 9.47 Å². The van der Waals surface area contributed by atoms with Gasteiger partial charge >= 0.3 is 5.69 Å². The molecule has 2 aromatic rings. The van der Waals surface area contributed by atoms with Crippen molar-refractivity contribution in [1.29, 1.82) is 0 Å². The Morgan fingerprint density at radius 3 is 3.00 bits per heavy atom. The van der Waals surface area contributed by atoms with Crippen molar-refractivity contribution >= 4 is 11.0 Å². The highest BCUT2D eigenvalue weighted by Crippen LogP contribution is 2.25. The maximum Gasteiger partial charge on any atom is 0.328 e. The quantitative estimate of drug-likeness (QED) is 0.857. The molecule has 0 radical (unpaired) electrons. The third kappa shape index (κ3) is 2.12. The number of aromatic nitrogens is 2. The van der Waals surface area contributed by atoms with Gasteiger partial charge in [0.15, 0.2) is 0 Å². The number of imidazole rings is 1. The lowest BCUT2D eigenvalue weighted by Crippen LogP contribution is -2.21. The van der Waals surface area contributed by atoms with Crippen LogP contribution >= 0.6 is 0 Å². The lowest BCUT2D eigenvalue weighted by Gasteiger charge is -2.12. The smallest absolute Gasteiger partial charge is 0.328 e. The summed E-state index contributed by atoms with van der Waals surface area (Å²) in [5.41, 5.74) is 1.78. The van der Waals surface area contributed by atoms with Gasteiger partial charge in [-0.15, -0.1) is 0 Å². The molecule has 1 atom stereocenters. The lowest BCUT2D eigenvalue weighted by molar-refractivity contribution is 0.0684. The van der Waals surface area contributed by atoms with E-state index in [0.717, 1.165) is 36.2 Å². The summed E-state index contributed by atoms with van der Waals surface area (Å²) in [5, 5.41) is 0. The summed E-state index contributed by atoms with van der Waals surface area (Å²) in [7, 11) is 1.79. The van der Waals surface area contributed by atoms with Gasteiger partial charge in [-0.05, 0) is 31.9 Å². The summed E-state index contributed by atoms with van der Waals surface area (Å²) in [4.78, 5) is 12.2. The minimum atomic E-state index is -0.00401. The van der Waals surface area contributed by atoms with Crippen LogP contribution in [0.15, 0.2) is 23.0 Å². The van der Waals surface area contributed by atoms with Gasteiger partial charge in [-0.2, -0.15) is 0 Å². The zero-order chi connectivity index (χ0) is 14.1. The molecule has 108 valence electrons. The molecule has 5 nitrogen and oxygen atoms in total. The topological polar surface area (TPSA) is 45.4 Å². The van der Waals surface area contributed by atoms with Crippen LogP contribution < -0.4 is 10.4 Å². The molecule has 1 aromatic heterocycles. The second-order valence-corrected chi connectivity index (χ2v) is 5.16. The highest BCUT2D eigenvalue weighted by Gasteiger charge is 2.18. The van der Waals surface area contributed by atoms with Gasteiger partial charge in [0, 0.05) is 20.2 Å². The third-order valence-corrected chi connectivity index (χ3v) is 3.89. The van der Waals surface area contributed by atoms with Crippen molar-refractivity contribution in [3.8, 4) is 5.75 Å². The van der Waals surface area contributed by atoms with Crippen LogP contribution in [0.25, 0.3) is 11.0 Å². The Morgan fingerprint density at radius 1 is 1.45 bits per heavy atom. The number of nitrogens with zero attached hydrogens (tertiary/aromatic N) is 2. The SMILES string of the molecule is CCn1c(=O)n(C)c2c(OCC3CCCO3)cccc21. The molecule has 0 N–H and O–H groups in total. The second-order valence-electron chi connectivity index (χ2n) is 5.16. The Labute approximate surface area is 117 Å². The van der Waals surface area contributed by atoms with E-state index >= 15 is 0 Å². The van der Waals surface area contributed by atoms with Crippen molar-refractivity contribution in [3.05, 3.63) is 28.7 Å². The van der Waals surface area contributed by atoms with E-state index in [-0.39, 0.29) is 11.8 Å². The molecule has 0 saturated carbocycles. The van der Waals surface area contributed by atoms with Crippen LogP contribution in [-0.4, -0.2) is 28.5 Å². The summed E-state index contributed by atoms with van der Waals surface area (Å²) in [5.74, 6) is 0.754. The van der Waals surface area contributed by atoms with Crippen LogP contribution in [0.5, 0.6) is 5.75 Å². The minimum Gasteiger partial charge on any atom is -0.489 e. The minimum absolute atomic E-state index is 0.00401. The maximum absolute atomic E-state index is 12.2. The van der Waals surface area contributed by atoms with Gasteiger partial charge in [-0.3, -0.25) is 9.13 Å². The summed E-state index contributed by atoms with van der Waals surface area (Å²) in [6, 6.07) is 5.80. The van der Waals surface area contributed by atoms with Gasteiger partial charge in [0.1, 0.15) is 17.9 Å². The number of para-hydroxylation sites is 1. The summed E-state index contributed by atoms with van der Waals surface area (Å²) in [6.07, 6.45) is 2.32. The molecule has 0 amide bonds. The van der Waals surface area contributed by atoms with Crippen molar-refractivity contribution in [2.75, 3.05) is 13.2 Å². The van der Waals surface area contributed by atoms with Crippen molar-refractivity contribution in [2.45, 2.75) is 32.4 Å². The van der Waals surface area contributed by atoms with Gasteiger partial charge in [0.2, 0.25) is 0 Å². The Hall–Kier alpha value is -1.75. The van der Waals surface area contributed by atoms with E-state index in [1.54, 1.807) is 16.2 Å². The van der Waals surface area contributed by atoms with E-state index in [2.05, 4.69) is 0 Å². The average Bonchev–Trinajstić information content (AvgIpc) is 3.05. The fraction of sp³-hybridized carbons (Fsp3) is 0.533. The zero-order valence-corrected chi connectivity index (χ0v) is 12.0. The fourth-order valence-electron chi connectivity index (χ4n) is 2.83. The van der Waals surface area contributed by atoms with E-state index in [1.807, 2.05) is 25.1 Å². The largest absolute Gasteiger partial charge is 0.489 e. The van der Waals surface area contributed by atoms with Crippen molar-refractivity contribution in [3.63, 3.8) is 0 Å². The van der Waals surface area contributed by atoms with Crippen molar-refractivity contribution < 1.29 is 9.47 Å². The molecule has 1 saturated heterocycles. The predicted molar refractivity (Wildman–Crippen MR) is 77.3 cm³/mol. The maximum atomic E-state index is 12.2. The van der Waals surface area contributed by atoms with E-state index in [1.165, 1.54) is 0 Å². The Kier molecular flexibility index (Phi) is 3.53. The van der Waals surface area contributed by atoms with E-state index < -0.39 is 0 Å². The third-order valence-electron chi connectivity index (χ3n) is 3.89. The van der Waals surface area contributed by atoms with Crippen molar-refractivity contribution in [2.24, 2.45) is 7.05 Å². The Balaban J connectivity index is 1.96. The number of fused-ring (bicyclic) bond motifs is 1. The molecule has 1 aromatic carbocycles. The molecule has 1 unspecified atom stereocenters. The number of benzene rings is 1. The van der Waals surface area contributed by atoms with Gasteiger partial charge in [-0.1, -0.05) is 6.07 Å². The van der Waals surface area contributed by atoms with E-state index in [9.17, 15) is 4.79 Å². The number of rotatable bonds is 4. The van der Waals surface area contributed by atoms with Gasteiger partial charge in [0.05, 0.1) is 11.6 Å². The van der Waals surface area contributed by atoms with Crippen LogP contribution in [0.1, 0.15) is 19.8 Å². The first-order chi connectivity index (χ1) is 9.72. The molecular formula is C15H20N2O3. The lowest BCUT2D eigenvalue weighted by atomic mass is 10.2. The number of hydrogen-bond donors (Lipinski definition) is 0. The van der Waals surface area contributed by atoms with Crippen molar-refractivity contribution in [1.82, 2.24) is 9.13 Å². The van der Waals surface area contributed by atoms with Gasteiger partial charge < -0.3 is 9.47 Å². The highest BCUT2D eigenvalue weighted by atomic mass is 16.5. The molecule has 1 fully saturated rings. The Morgan fingerprint density at radius 2 is 2.30 bits per heavy atom. The molecule has 5 heteroatoms. The summed E-state index contributed by atoms with van der Waals surface area (Å²) >= 11 is 0. The second kappa shape index (κ2) is 5.32. The number of aryl methyl sites for hydroxylation is 2. The molecule has 0 aliphatic carbocycles. The molecule has 0 spiro atoms. The monoisotopic (exact) mass is 276 g/mol. The zero-order valence-electron chi connectivity index (χ0n) is 12.0. The fourth-order valence-corrected chi connectivity index (χ4v) is 2.83. The molecule has 1 aliphatic heterocycles. The molecule has 0 bridgehead atoms. The normalized spacial score (nSPS) is 18.8. The predicted octanol–water partition coefficient (Wildman–Crippen LogP) is 1.92. The van der Waals surface area contributed by atoms with Gasteiger partial charge in [0.25, 0.3) is 0 Å². The summed E-state index contributed by atoms with van der Waals surface area (Å²) < 4.78 is 14.9. The number of ether oxygens (including phenoxy) is 2. The first-order valence-electron chi connectivity index (χ1n) is 7.15. The molecule has 20 heavy (non-hydrogen) atoms. The molecule has 2 heterocycles. The van der Waals surface area contributed by atoms with Crippen LogP contribution in [-0.2, 0) is 18.3 Å². The molecule has 3 rings (SSSR count). The number of hydrogen-bond acceptors (Lipinski definition) is 3. The van der Waals surface area contributed by atoms with Crippen LogP contribution in [0, 0.1) is 0 Å². The Bertz CT molecular complexity index is 666. The van der Waals surface area contributed by atoms with E-state index in [0.29, 0.717) is 13.2 Å². The summed E-state index contributed by atoms with van der Waals surface area (Å²) in [6.45, 7) is 4.00. The van der Waals surface area contributed by atoms with Gasteiger partial charge in [-0.25, -0.2) is 4.79 Å². The highest BCUT2D eigenvalue weighted by molar-refractivity contribution is 5.82. The molecule has 1 aliphatic rings. The van der Waals surface area contributed by atoms with Crippen LogP contribution in [0.2, 0.25) is 0 Å². The first-order valence-corrected chi connectivity index (χ1v) is 7.15. The average molecular weight is 276 g/mol. The van der Waals surface area contributed by atoms with Crippen LogP contribution in [0.4, 0.5) is 0 Å². The van der Waals surface area contributed by atoms with Crippen LogP contribution in [0.3, 0.4) is 0 Å². The first kappa shape index (κ1) is 13.2. The standard InChI is InChI=1S/C15H20N2O3/c1-3-17-12-7-4-8-13(14(12)16(2)15(17)18)20-10-11-6-5-9-19-11/h4,7-8,11H,3,5-6,9-10H2,1-2H3. The molecular weight excluding hydrogens is 256 g/mol.